The fraction of sp³-hybridized carbons (Fsp3) is 0. The highest BCUT2D eigenvalue weighted by Gasteiger charge is 2.12. The van der Waals surface area contributed by atoms with E-state index in [1.54, 1.807) is 30.3 Å². The fourth-order valence-corrected chi connectivity index (χ4v) is 3.44. The number of carboxylic acids is 1. The molecule has 2 N–H and O–H groups in total. The summed E-state index contributed by atoms with van der Waals surface area (Å²) in [5, 5.41) is 7.00. The monoisotopic (exact) mass is 634 g/mol. The Hall–Kier alpha value is -1.54. The molecule has 2 aromatic carbocycles. The molecule has 0 radical (unpaired) electrons. The van der Waals surface area contributed by atoms with Gasteiger partial charge in [0.1, 0.15) is 5.56 Å². The van der Waals surface area contributed by atoms with Gasteiger partial charge in [0.25, 0.3) is 5.24 Å². The van der Waals surface area contributed by atoms with Crippen LogP contribution >= 0.6 is 85.3 Å². The molecule has 0 amide bonds. The zero-order chi connectivity index (χ0) is 26.5. The predicted molar refractivity (Wildman–Crippen MR) is 144 cm³/mol. The molecule has 0 saturated heterocycles. The lowest BCUT2D eigenvalue weighted by Crippen LogP contribution is -2.15. The van der Waals surface area contributed by atoms with Crippen molar-refractivity contribution in [3.63, 3.8) is 0 Å². The molecule has 4 aromatic rings. The number of pyridine rings is 2. The van der Waals surface area contributed by atoms with E-state index >= 15 is 0 Å². The minimum Gasteiger partial charge on any atom is -0.477 e. The van der Waals surface area contributed by atoms with Gasteiger partial charge in [-0.25, -0.2) is 4.79 Å². The maximum Gasteiger partial charge on any atom is 0.341 e. The molecular weight excluding hydrogens is 627 g/mol. The lowest BCUT2D eigenvalue weighted by atomic mass is 10.1. The van der Waals surface area contributed by atoms with Crippen LogP contribution in [0.15, 0.2) is 53.6 Å². The van der Waals surface area contributed by atoms with Gasteiger partial charge in [-0.2, -0.15) is 0 Å². The first-order valence-corrected chi connectivity index (χ1v) is 14.8. The van der Waals surface area contributed by atoms with Crippen molar-refractivity contribution in [2.75, 3.05) is 0 Å². The summed E-state index contributed by atoms with van der Waals surface area (Å²) in [6, 6.07) is 9.78. The van der Waals surface area contributed by atoms with Gasteiger partial charge >= 0.3 is 11.2 Å². The maximum atomic E-state index is 11.7. The van der Waals surface area contributed by atoms with Crippen LogP contribution in [-0.4, -0.2) is 26.3 Å². The molecule has 2 heterocycles. The van der Waals surface area contributed by atoms with Gasteiger partial charge in [-0.1, -0.05) is 34.8 Å². The molecule has 2 aromatic heterocycles. The summed E-state index contributed by atoms with van der Waals surface area (Å²) in [5.74, 6) is -1.25. The third kappa shape index (κ3) is 8.81. The Labute approximate surface area is 231 Å². The van der Waals surface area contributed by atoms with Gasteiger partial charge < -0.3 is 10.1 Å². The number of aromatic amines is 1. The summed E-state index contributed by atoms with van der Waals surface area (Å²) in [6.07, 6.45) is 2.54. The third-order valence-corrected chi connectivity index (χ3v) is 5.13. The highest BCUT2D eigenvalue weighted by molar-refractivity contribution is 8.24. The summed E-state index contributed by atoms with van der Waals surface area (Å²) >= 11 is 36.7. The largest absolute Gasteiger partial charge is 0.477 e. The summed E-state index contributed by atoms with van der Waals surface area (Å²) in [7, 11) is 0. The molecule has 184 valence electrons. The van der Waals surface area contributed by atoms with Crippen LogP contribution < -0.4 is 5.43 Å². The molecular formula is C20H10Cl7N2O5P. The van der Waals surface area contributed by atoms with E-state index in [4.69, 9.17) is 51.5 Å². The van der Waals surface area contributed by atoms with Gasteiger partial charge in [0, 0.05) is 38.7 Å². The van der Waals surface area contributed by atoms with E-state index in [9.17, 15) is 18.9 Å². The second kappa shape index (κ2) is 12.6. The molecule has 0 aliphatic rings. The van der Waals surface area contributed by atoms with Crippen molar-refractivity contribution in [3.8, 4) is 0 Å². The molecule has 0 aliphatic carbocycles. The molecule has 15 heteroatoms. The summed E-state index contributed by atoms with van der Waals surface area (Å²) in [5.41, 5.74) is 0.608. The molecule has 0 unspecified atom stereocenters. The van der Waals surface area contributed by atoms with E-state index in [0.29, 0.717) is 26.5 Å². The Morgan fingerprint density at radius 2 is 1.46 bits per heavy atom. The number of carboxylic acid groups (broad SMARTS) is 1. The number of aromatic nitrogens is 2. The fourth-order valence-electron chi connectivity index (χ4n) is 2.62. The Morgan fingerprint density at radius 1 is 0.914 bits per heavy atom. The average Bonchev–Trinajstić information content (AvgIpc) is 2.74. The highest BCUT2D eigenvalue weighted by Crippen LogP contribution is 2.61. The molecule has 0 fully saturated rings. The van der Waals surface area contributed by atoms with Crippen LogP contribution in [0.3, 0.4) is 0 Å². The lowest BCUT2D eigenvalue weighted by Gasteiger charge is -2.03. The molecule has 0 aliphatic heterocycles. The average molecular weight is 637 g/mol. The summed E-state index contributed by atoms with van der Waals surface area (Å²) in [6.45, 7) is 0. The SMILES string of the molecule is O=C(Cl)c1cnc2ccc(Cl)cc2c1Cl.O=C(O)c1c[nH]c2ccc(Cl)cc2c1=O.O=P(Cl)(Cl)Cl. The highest BCUT2D eigenvalue weighted by atomic mass is 36.0. The number of halogens is 7. The number of benzene rings is 2. The Bertz CT molecular complexity index is 1530. The Morgan fingerprint density at radius 3 is 2.00 bits per heavy atom. The predicted octanol–water partition coefficient (Wildman–Crippen LogP) is 8.61. The number of H-pyrrole nitrogens is 1. The number of hydrogen-bond acceptors (Lipinski definition) is 5. The van der Waals surface area contributed by atoms with Crippen molar-refractivity contribution in [2.24, 2.45) is 0 Å². The first-order valence-electron chi connectivity index (χ1n) is 8.86. The van der Waals surface area contributed by atoms with Crippen LogP contribution in [0, 0.1) is 0 Å². The maximum absolute atomic E-state index is 11.7. The number of nitrogens with zero attached hydrogens (tertiary/aromatic N) is 1. The minimum absolute atomic E-state index is 0.188. The molecule has 4 rings (SSSR count). The second-order valence-corrected chi connectivity index (χ2v) is 14.6. The Balaban J connectivity index is 0.000000208. The first-order chi connectivity index (χ1) is 16.2. The number of rotatable bonds is 2. The van der Waals surface area contributed by atoms with E-state index < -0.39 is 21.8 Å². The van der Waals surface area contributed by atoms with E-state index in [-0.39, 0.29) is 21.5 Å². The van der Waals surface area contributed by atoms with Gasteiger partial charge in [-0.15, -0.1) is 0 Å². The van der Waals surface area contributed by atoms with Crippen LogP contribution in [0.25, 0.3) is 21.8 Å². The third-order valence-electron chi connectivity index (χ3n) is 4.05. The number of fused-ring (bicyclic) bond motifs is 2. The topological polar surface area (TPSA) is 117 Å². The van der Waals surface area contributed by atoms with Crippen LogP contribution in [0.2, 0.25) is 15.1 Å². The van der Waals surface area contributed by atoms with Gasteiger partial charge in [-0.3, -0.25) is 19.1 Å². The number of carbonyl (C=O) groups is 2. The van der Waals surface area contributed by atoms with E-state index in [1.165, 1.54) is 18.5 Å². The first kappa shape index (κ1) is 29.7. The van der Waals surface area contributed by atoms with E-state index in [2.05, 4.69) is 43.7 Å². The minimum atomic E-state index is -3.22. The second-order valence-electron chi connectivity index (χ2n) is 6.35. The van der Waals surface area contributed by atoms with Crippen molar-refractivity contribution in [3.05, 3.63) is 85.2 Å². The standard InChI is InChI=1S/C10H4Cl3NO.C10H6ClNO3.Cl3OP/c11-5-1-2-8-6(3-5)9(12)7(4-14-8)10(13)15;11-5-1-2-8-6(3-5)9(13)7(4-12-8)10(14)15;1-5(2,3)4/h1-4H;1-4H,(H,12,13)(H,14,15);. The number of hydrogen-bond donors (Lipinski definition) is 2. The summed E-state index contributed by atoms with van der Waals surface area (Å²) < 4.78 is 9.51. The van der Waals surface area contributed by atoms with Crippen LogP contribution in [0.4, 0.5) is 0 Å². The van der Waals surface area contributed by atoms with E-state index in [1.807, 2.05) is 0 Å². The van der Waals surface area contributed by atoms with Gasteiger partial charge in [0.05, 0.1) is 16.1 Å². The van der Waals surface area contributed by atoms with Crippen molar-refractivity contribution in [1.29, 1.82) is 0 Å². The molecule has 0 atom stereocenters. The van der Waals surface area contributed by atoms with Crippen LogP contribution in [0.1, 0.15) is 20.7 Å². The molecule has 35 heavy (non-hydrogen) atoms. The van der Waals surface area contributed by atoms with Crippen LogP contribution in [0.5, 0.6) is 0 Å². The van der Waals surface area contributed by atoms with Gasteiger partial charge in [0.15, 0.2) is 0 Å². The smallest absolute Gasteiger partial charge is 0.341 e. The number of nitrogens with one attached hydrogen (secondary N) is 1. The normalized spacial score (nSPS) is 10.7. The van der Waals surface area contributed by atoms with Gasteiger partial charge in [0.2, 0.25) is 5.43 Å². The zero-order valence-electron chi connectivity index (χ0n) is 16.7. The quantitative estimate of drug-likeness (QED) is 0.168. The van der Waals surface area contributed by atoms with Gasteiger partial charge in [-0.05, 0) is 81.7 Å². The zero-order valence-corrected chi connectivity index (χ0v) is 22.9. The molecule has 0 bridgehead atoms. The molecule has 0 saturated carbocycles. The van der Waals surface area contributed by atoms with Crippen molar-refractivity contribution in [1.82, 2.24) is 9.97 Å². The number of carbonyl (C=O) groups excluding carboxylic acids is 1. The lowest BCUT2D eigenvalue weighted by molar-refractivity contribution is 0.0695. The van der Waals surface area contributed by atoms with E-state index in [0.717, 1.165) is 0 Å². The van der Waals surface area contributed by atoms with Crippen molar-refractivity contribution < 1.29 is 19.3 Å². The summed E-state index contributed by atoms with van der Waals surface area (Å²) in [4.78, 5) is 40.1. The number of aromatic carboxylic acids is 1. The van der Waals surface area contributed by atoms with Crippen molar-refractivity contribution >= 4 is 118 Å². The van der Waals surface area contributed by atoms with Crippen LogP contribution in [-0.2, 0) is 4.57 Å². The molecule has 0 spiro atoms. The van der Waals surface area contributed by atoms with Crippen molar-refractivity contribution in [2.45, 2.75) is 0 Å². The molecule has 7 nitrogen and oxygen atoms in total. The Kier molecular flexibility index (Phi) is 10.7.